The van der Waals surface area contributed by atoms with Gasteiger partial charge in [0, 0.05) is 18.0 Å². The molecule has 0 bridgehead atoms. The lowest BCUT2D eigenvalue weighted by molar-refractivity contribution is 1.05. The van der Waals surface area contributed by atoms with Gasteiger partial charge in [0.15, 0.2) is 5.82 Å². The first-order chi connectivity index (χ1) is 9.31. The Hall–Kier alpha value is -2.47. The molecule has 3 aromatic rings. The number of hydrogen-bond acceptors (Lipinski definition) is 5. The maximum absolute atomic E-state index is 5.91. The summed E-state index contributed by atoms with van der Waals surface area (Å²) in [5, 5.41) is 3.05. The third-order valence-electron chi connectivity index (χ3n) is 2.37. The maximum atomic E-state index is 5.91. The third-order valence-corrected chi connectivity index (χ3v) is 2.54. The van der Waals surface area contributed by atoms with Crippen molar-refractivity contribution in [2.75, 3.05) is 5.32 Å². The first-order valence-corrected chi connectivity index (χ1v) is 5.92. The molecule has 0 aliphatic carbocycles. The molecule has 0 spiro atoms. The maximum Gasteiger partial charge on any atom is 0.234 e. The number of anilines is 2. The van der Waals surface area contributed by atoms with Crippen LogP contribution in [0, 0.1) is 0 Å². The molecule has 0 unspecified atom stereocenters. The molecule has 0 amide bonds. The standard InChI is InChI=1S/C12H9ClN6/c13-10-16-9(8-4-2-1-3-5-8)17-12(18-10)19-11-14-6-7-15-11/h1-7H,(H2,14,15,16,17,18,19). The molecule has 19 heavy (non-hydrogen) atoms. The molecule has 94 valence electrons. The highest BCUT2D eigenvalue weighted by Gasteiger charge is 2.07. The molecule has 3 rings (SSSR count). The smallest absolute Gasteiger partial charge is 0.234 e. The Balaban J connectivity index is 1.97. The molecule has 0 atom stereocenters. The Morgan fingerprint density at radius 1 is 1.05 bits per heavy atom. The molecule has 0 saturated heterocycles. The lowest BCUT2D eigenvalue weighted by Crippen LogP contribution is -2.02. The van der Waals surface area contributed by atoms with Crippen molar-refractivity contribution >= 4 is 23.5 Å². The molecule has 7 heteroatoms. The van der Waals surface area contributed by atoms with E-state index < -0.39 is 0 Å². The number of aromatic nitrogens is 5. The SMILES string of the molecule is Clc1nc(Nc2ncc[nH]2)nc(-c2ccccc2)n1. The van der Waals surface area contributed by atoms with Crippen molar-refractivity contribution in [3.8, 4) is 11.4 Å². The number of H-pyrrole nitrogens is 1. The fourth-order valence-electron chi connectivity index (χ4n) is 1.56. The minimum Gasteiger partial charge on any atom is -0.331 e. The average molecular weight is 273 g/mol. The van der Waals surface area contributed by atoms with E-state index in [1.54, 1.807) is 12.4 Å². The highest BCUT2D eigenvalue weighted by Crippen LogP contribution is 2.18. The van der Waals surface area contributed by atoms with Gasteiger partial charge in [-0.1, -0.05) is 30.3 Å². The lowest BCUT2D eigenvalue weighted by atomic mass is 10.2. The van der Waals surface area contributed by atoms with Gasteiger partial charge in [0.25, 0.3) is 0 Å². The number of benzene rings is 1. The summed E-state index contributed by atoms with van der Waals surface area (Å²) >= 11 is 5.91. The second kappa shape index (κ2) is 5.03. The highest BCUT2D eigenvalue weighted by atomic mass is 35.5. The van der Waals surface area contributed by atoms with Crippen LogP contribution < -0.4 is 5.32 Å². The zero-order valence-corrected chi connectivity index (χ0v) is 10.5. The number of rotatable bonds is 3. The second-order valence-electron chi connectivity index (χ2n) is 3.68. The van der Waals surface area contributed by atoms with E-state index in [4.69, 9.17) is 11.6 Å². The number of aromatic amines is 1. The van der Waals surface area contributed by atoms with E-state index >= 15 is 0 Å². The van der Waals surface area contributed by atoms with Gasteiger partial charge in [-0.3, -0.25) is 5.32 Å². The molecule has 6 nitrogen and oxygen atoms in total. The number of halogens is 1. The van der Waals surface area contributed by atoms with Crippen LogP contribution in [0.15, 0.2) is 42.7 Å². The van der Waals surface area contributed by atoms with Crippen molar-refractivity contribution in [2.24, 2.45) is 0 Å². The Morgan fingerprint density at radius 3 is 2.63 bits per heavy atom. The molecule has 0 aliphatic heterocycles. The largest absolute Gasteiger partial charge is 0.331 e. The Labute approximate surface area is 113 Å². The van der Waals surface area contributed by atoms with Gasteiger partial charge >= 0.3 is 0 Å². The van der Waals surface area contributed by atoms with Crippen LogP contribution in [0.3, 0.4) is 0 Å². The molecule has 0 aliphatic rings. The highest BCUT2D eigenvalue weighted by molar-refractivity contribution is 6.28. The first-order valence-electron chi connectivity index (χ1n) is 5.55. The molecule has 0 fully saturated rings. The first kappa shape index (κ1) is 11.6. The van der Waals surface area contributed by atoms with Crippen LogP contribution in [0.2, 0.25) is 5.28 Å². The van der Waals surface area contributed by atoms with Gasteiger partial charge in [-0.25, -0.2) is 4.98 Å². The Morgan fingerprint density at radius 2 is 1.89 bits per heavy atom. The summed E-state index contributed by atoms with van der Waals surface area (Å²) < 4.78 is 0. The molecule has 0 saturated carbocycles. The van der Waals surface area contributed by atoms with E-state index in [1.165, 1.54) is 0 Å². The fourth-order valence-corrected chi connectivity index (χ4v) is 1.72. The molecule has 1 aromatic carbocycles. The van der Waals surface area contributed by atoms with Gasteiger partial charge in [0.2, 0.25) is 17.2 Å². The summed E-state index contributed by atoms with van der Waals surface area (Å²) in [5.41, 5.74) is 0.870. The van der Waals surface area contributed by atoms with Gasteiger partial charge in [-0.15, -0.1) is 0 Å². The fraction of sp³-hybridized carbons (Fsp3) is 0. The van der Waals surface area contributed by atoms with Crippen molar-refractivity contribution in [3.05, 3.63) is 48.0 Å². The van der Waals surface area contributed by atoms with Gasteiger partial charge in [0.1, 0.15) is 0 Å². The van der Waals surface area contributed by atoms with Gasteiger partial charge in [0.05, 0.1) is 0 Å². The van der Waals surface area contributed by atoms with Gasteiger partial charge in [-0.2, -0.15) is 15.0 Å². The summed E-state index contributed by atoms with van der Waals surface area (Å²) in [6, 6.07) is 9.55. The predicted octanol–water partition coefficient (Wildman–Crippen LogP) is 2.66. The van der Waals surface area contributed by atoms with Crippen LogP contribution in [0.25, 0.3) is 11.4 Å². The van der Waals surface area contributed by atoms with Crippen LogP contribution in [0.4, 0.5) is 11.9 Å². The van der Waals surface area contributed by atoms with E-state index in [-0.39, 0.29) is 5.28 Å². The number of hydrogen-bond donors (Lipinski definition) is 2. The van der Waals surface area contributed by atoms with Gasteiger partial charge < -0.3 is 4.98 Å². The molecular weight excluding hydrogens is 264 g/mol. The van der Waals surface area contributed by atoms with E-state index in [1.807, 2.05) is 30.3 Å². The van der Waals surface area contributed by atoms with Crippen LogP contribution in [0.1, 0.15) is 0 Å². The Bertz CT molecular complexity index is 668. The summed E-state index contributed by atoms with van der Waals surface area (Å²) in [5.74, 6) is 1.39. The monoisotopic (exact) mass is 272 g/mol. The van der Waals surface area contributed by atoms with Crippen LogP contribution >= 0.6 is 11.6 Å². The van der Waals surface area contributed by atoms with E-state index in [0.29, 0.717) is 17.7 Å². The van der Waals surface area contributed by atoms with Crippen LogP contribution in [0.5, 0.6) is 0 Å². The summed E-state index contributed by atoms with van der Waals surface area (Å²) in [4.78, 5) is 19.3. The van der Waals surface area contributed by atoms with E-state index in [0.717, 1.165) is 5.56 Å². The summed E-state index contributed by atoms with van der Waals surface area (Å²) in [7, 11) is 0. The molecular formula is C12H9ClN6. The predicted molar refractivity (Wildman–Crippen MR) is 72.1 cm³/mol. The minimum atomic E-state index is 0.128. The summed E-state index contributed by atoms with van der Waals surface area (Å²) in [6.07, 6.45) is 3.33. The normalized spacial score (nSPS) is 10.4. The van der Waals surface area contributed by atoms with Crippen LogP contribution in [-0.4, -0.2) is 24.9 Å². The molecule has 2 heterocycles. The van der Waals surface area contributed by atoms with Crippen molar-refractivity contribution in [2.45, 2.75) is 0 Å². The summed E-state index contributed by atoms with van der Waals surface area (Å²) in [6.45, 7) is 0. The van der Waals surface area contributed by atoms with Gasteiger partial charge in [-0.05, 0) is 11.6 Å². The van der Waals surface area contributed by atoms with Crippen LogP contribution in [-0.2, 0) is 0 Å². The second-order valence-corrected chi connectivity index (χ2v) is 4.02. The molecule has 0 radical (unpaired) electrons. The number of nitrogens with zero attached hydrogens (tertiary/aromatic N) is 4. The zero-order chi connectivity index (χ0) is 13.1. The van der Waals surface area contributed by atoms with Crippen molar-refractivity contribution in [1.29, 1.82) is 0 Å². The zero-order valence-electron chi connectivity index (χ0n) is 9.71. The quantitative estimate of drug-likeness (QED) is 0.766. The molecule has 2 N–H and O–H groups in total. The van der Waals surface area contributed by atoms with Crippen molar-refractivity contribution in [3.63, 3.8) is 0 Å². The lowest BCUT2D eigenvalue weighted by Gasteiger charge is -2.04. The Kier molecular flexibility index (Phi) is 3.07. The average Bonchev–Trinajstić information content (AvgIpc) is 2.92. The van der Waals surface area contributed by atoms with E-state index in [9.17, 15) is 0 Å². The topological polar surface area (TPSA) is 79.4 Å². The minimum absolute atomic E-state index is 0.128. The number of imidazole rings is 1. The third kappa shape index (κ3) is 2.69. The van der Waals surface area contributed by atoms with Crippen molar-refractivity contribution in [1.82, 2.24) is 24.9 Å². The number of nitrogens with one attached hydrogen (secondary N) is 2. The van der Waals surface area contributed by atoms with E-state index in [2.05, 4.69) is 30.2 Å². The molecule has 2 aromatic heterocycles. The van der Waals surface area contributed by atoms with Crippen molar-refractivity contribution < 1.29 is 0 Å².